The van der Waals surface area contributed by atoms with Crippen LogP contribution in [0.1, 0.15) is 0 Å². The fourth-order valence-electron chi connectivity index (χ4n) is 0.919. The Labute approximate surface area is 68.7 Å². The fourth-order valence-corrected chi connectivity index (χ4v) is 1.67. The Morgan fingerprint density at radius 3 is 2.75 bits per heavy atom. The highest BCUT2D eigenvalue weighted by Crippen LogP contribution is 2.44. The van der Waals surface area contributed by atoms with Crippen LogP contribution in [0.2, 0.25) is 0 Å². The van der Waals surface area contributed by atoms with E-state index in [1.807, 2.05) is 0 Å². The summed E-state index contributed by atoms with van der Waals surface area (Å²) in [5.41, 5.74) is 0. The zero-order chi connectivity index (χ0) is 8.72. The third kappa shape index (κ3) is 0.850. The molecule has 0 saturated heterocycles. The molecule has 0 aromatic heterocycles. The zero-order valence-corrected chi connectivity index (χ0v) is 6.77. The summed E-state index contributed by atoms with van der Waals surface area (Å²) in [5, 5.41) is 18.3. The minimum atomic E-state index is -2.65. The van der Waals surface area contributed by atoms with Crippen molar-refractivity contribution < 1.29 is 23.5 Å². The number of aromatic hydroxyl groups is 2. The van der Waals surface area contributed by atoms with Gasteiger partial charge in [-0.25, -0.2) is 0 Å². The molecule has 0 unspecified atom stereocenters. The minimum Gasteiger partial charge on any atom is -0.504 e. The Morgan fingerprint density at radius 2 is 2.00 bits per heavy atom. The smallest absolute Gasteiger partial charge is 0.504 e. The molecule has 1 aliphatic rings. The molecular weight excluding hydrogens is 180 g/mol. The monoisotopic (exact) mass is 184 g/mol. The van der Waals surface area contributed by atoms with Crippen molar-refractivity contribution in [1.82, 2.24) is 0 Å². The molecule has 0 radical (unpaired) electrons. The highest BCUT2D eigenvalue weighted by Gasteiger charge is 2.28. The summed E-state index contributed by atoms with van der Waals surface area (Å²) in [6.45, 7) is 0. The Bertz CT molecular complexity index is 361. The Kier molecular flexibility index (Phi) is 1.31. The van der Waals surface area contributed by atoms with E-state index in [1.165, 1.54) is 12.1 Å². The van der Waals surface area contributed by atoms with Gasteiger partial charge in [-0.1, -0.05) is 0 Å². The van der Waals surface area contributed by atoms with E-state index in [0.29, 0.717) is 0 Å². The normalized spacial score (nSPS) is 13.5. The summed E-state index contributed by atoms with van der Waals surface area (Å²) < 4.78 is 20.0. The summed E-state index contributed by atoms with van der Waals surface area (Å²) in [4.78, 5) is 0. The molecule has 0 saturated carbocycles. The number of fused-ring (bicyclic) bond motifs is 2. The average Bonchev–Trinajstić information content (AvgIpc) is 2.01. The standard InChI is InChI=1S/C6H4O5Si/c7-3-1-2-4-5(8)6(3)11-12(9)10-4/h1-2,7-8H. The molecule has 0 amide bonds. The fraction of sp³-hybridized carbons (Fsp3) is 0. The van der Waals surface area contributed by atoms with Crippen molar-refractivity contribution in [1.29, 1.82) is 0 Å². The van der Waals surface area contributed by atoms with Gasteiger partial charge in [0.2, 0.25) is 11.5 Å². The molecule has 5 nitrogen and oxygen atoms in total. The maximum atomic E-state index is 10.8. The molecule has 2 rings (SSSR count). The lowest BCUT2D eigenvalue weighted by atomic mass is 10.3. The highest BCUT2D eigenvalue weighted by molar-refractivity contribution is 6.29. The molecule has 0 spiro atoms. The van der Waals surface area contributed by atoms with Gasteiger partial charge in [-0.3, -0.25) is 4.46 Å². The van der Waals surface area contributed by atoms with Gasteiger partial charge in [-0.2, -0.15) is 0 Å². The molecule has 1 aliphatic heterocycles. The molecule has 1 heterocycles. The van der Waals surface area contributed by atoms with Crippen molar-refractivity contribution in [3.05, 3.63) is 12.1 Å². The first-order chi connectivity index (χ1) is 5.68. The van der Waals surface area contributed by atoms with Crippen LogP contribution in [0, 0.1) is 0 Å². The molecule has 62 valence electrons. The van der Waals surface area contributed by atoms with Crippen LogP contribution in [0.4, 0.5) is 0 Å². The van der Waals surface area contributed by atoms with Crippen LogP contribution in [0.25, 0.3) is 0 Å². The van der Waals surface area contributed by atoms with Crippen LogP contribution in [0.15, 0.2) is 12.1 Å². The van der Waals surface area contributed by atoms with Crippen molar-refractivity contribution in [3.63, 3.8) is 0 Å². The molecule has 1 aromatic rings. The van der Waals surface area contributed by atoms with Crippen LogP contribution in [0.3, 0.4) is 0 Å². The van der Waals surface area contributed by atoms with Crippen LogP contribution in [-0.2, 0) is 4.46 Å². The first-order valence-corrected chi connectivity index (χ1v) is 4.35. The third-order valence-electron chi connectivity index (χ3n) is 1.45. The Balaban J connectivity index is 2.66. The van der Waals surface area contributed by atoms with Gasteiger partial charge in [0.05, 0.1) is 0 Å². The van der Waals surface area contributed by atoms with E-state index in [-0.39, 0.29) is 23.0 Å². The van der Waals surface area contributed by atoms with Gasteiger partial charge in [0.15, 0.2) is 11.5 Å². The Morgan fingerprint density at radius 1 is 1.25 bits per heavy atom. The van der Waals surface area contributed by atoms with E-state index in [1.54, 1.807) is 0 Å². The maximum Gasteiger partial charge on any atom is 0.779 e. The van der Waals surface area contributed by atoms with Crippen LogP contribution in [0.5, 0.6) is 23.0 Å². The molecule has 2 N–H and O–H groups in total. The molecule has 0 fully saturated rings. The molecule has 6 heteroatoms. The summed E-state index contributed by atoms with van der Waals surface area (Å²) in [7, 11) is -2.65. The number of phenols is 2. The number of phenolic OH excluding ortho intramolecular Hbond substituents is 2. The second-order valence-electron chi connectivity index (χ2n) is 2.21. The van der Waals surface area contributed by atoms with E-state index in [2.05, 4.69) is 8.85 Å². The topological polar surface area (TPSA) is 76.0 Å². The van der Waals surface area contributed by atoms with E-state index in [0.717, 1.165) is 0 Å². The lowest BCUT2D eigenvalue weighted by Crippen LogP contribution is -2.22. The van der Waals surface area contributed by atoms with E-state index in [4.69, 9.17) is 5.11 Å². The minimum absolute atomic E-state index is 0.0675. The van der Waals surface area contributed by atoms with Gasteiger partial charge < -0.3 is 19.1 Å². The van der Waals surface area contributed by atoms with Crippen molar-refractivity contribution in [2.75, 3.05) is 0 Å². The highest BCUT2D eigenvalue weighted by atomic mass is 28.3. The van der Waals surface area contributed by atoms with Crippen molar-refractivity contribution >= 4 is 9.17 Å². The van der Waals surface area contributed by atoms with Crippen LogP contribution in [-0.4, -0.2) is 19.4 Å². The van der Waals surface area contributed by atoms with Gasteiger partial charge in [-0.15, -0.1) is 0 Å². The van der Waals surface area contributed by atoms with Gasteiger partial charge >= 0.3 is 9.17 Å². The van der Waals surface area contributed by atoms with Crippen LogP contribution >= 0.6 is 0 Å². The number of hydrogen-bond acceptors (Lipinski definition) is 5. The second kappa shape index (κ2) is 2.21. The van der Waals surface area contributed by atoms with Crippen molar-refractivity contribution in [3.8, 4) is 23.0 Å². The zero-order valence-electron chi connectivity index (χ0n) is 5.77. The SMILES string of the molecule is O=[Si]1Oc2ccc(O)c(c2O)O1. The molecule has 2 bridgehead atoms. The summed E-state index contributed by atoms with van der Waals surface area (Å²) >= 11 is 0. The van der Waals surface area contributed by atoms with E-state index in [9.17, 15) is 9.57 Å². The lowest BCUT2D eigenvalue weighted by Gasteiger charge is -2.15. The summed E-state index contributed by atoms with van der Waals surface area (Å²) in [6, 6.07) is 2.61. The van der Waals surface area contributed by atoms with Crippen LogP contribution < -0.4 is 8.85 Å². The predicted molar refractivity (Wildman–Crippen MR) is 37.5 cm³/mol. The van der Waals surface area contributed by atoms with E-state index >= 15 is 0 Å². The van der Waals surface area contributed by atoms with E-state index < -0.39 is 9.17 Å². The Hall–Kier alpha value is -1.56. The second-order valence-corrected chi connectivity index (χ2v) is 3.12. The first-order valence-electron chi connectivity index (χ1n) is 3.13. The molecule has 0 atom stereocenters. The number of benzene rings is 1. The van der Waals surface area contributed by atoms with Crippen molar-refractivity contribution in [2.45, 2.75) is 0 Å². The lowest BCUT2D eigenvalue weighted by molar-refractivity contribution is 0.289. The molecule has 1 aromatic carbocycles. The summed E-state index contributed by atoms with van der Waals surface area (Å²) in [5.74, 6) is -0.682. The number of rotatable bonds is 0. The number of hydrogen-bond donors (Lipinski definition) is 2. The average molecular weight is 184 g/mol. The quantitative estimate of drug-likeness (QED) is 0.566. The third-order valence-corrected chi connectivity index (χ3v) is 2.21. The molecule has 12 heavy (non-hydrogen) atoms. The largest absolute Gasteiger partial charge is 0.779 e. The molecular formula is C6H4O5Si. The van der Waals surface area contributed by atoms with Crippen molar-refractivity contribution in [2.24, 2.45) is 0 Å². The summed E-state index contributed by atoms with van der Waals surface area (Å²) in [6.07, 6.45) is 0. The van der Waals surface area contributed by atoms with Gasteiger partial charge in [0, 0.05) is 0 Å². The maximum absolute atomic E-state index is 10.8. The predicted octanol–water partition coefficient (Wildman–Crippen LogP) is 0.284. The van der Waals surface area contributed by atoms with Gasteiger partial charge in [0.25, 0.3) is 0 Å². The first kappa shape index (κ1) is 7.11. The van der Waals surface area contributed by atoms with Gasteiger partial charge in [-0.05, 0) is 12.1 Å². The van der Waals surface area contributed by atoms with Gasteiger partial charge in [0.1, 0.15) is 0 Å². The molecule has 0 aliphatic carbocycles.